The Hall–Kier alpha value is -1.37. The van der Waals surface area contributed by atoms with Crippen LogP contribution in [0.25, 0.3) is 0 Å². The zero-order valence-corrected chi connectivity index (χ0v) is 9.67. The van der Waals surface area contributed by atoms with Crippen LogP contribution in [-0.4, -0.2) is 28.5 Å². The molecule has 0 saturated heterocycles. The minimum Gasteiger partial charge on any atom is -0.761 e. The van der Waals surface area contributed by atoms with Gasteiger partial charge in [-0.2, -0.15) is 0 Å². The molecule has 0 aliphatic heterocycles. The van der Waals surface area contributed by atoms with Crippen LogP contribution in [0.4, 0.5) is 10.1 Å². The molecular formula is C12H15FNO4-. The standard InChI is InChI=1S/C12H15FNO4/c13-7-1-2-11(14-17)12(3-7)18-10-5-8(15)4-9(16)6-10/h1-3,8-10,14-16H,4-6H2/q-1/t8-,9+,10?. The second-order valence-corrected chi connectivity index (χ2v) is 4.50. The van der Waals surface area contributed by atoms with Crippen molar-refractivity contribution in [1.82, 2.24) is 0 Å². The van der Waals surface area contributed by atoms with Gasteiger partial charge in [0, 0.05) is 18.9 Å². The zero-order chi connectivity index (χ0) is 13.1. The quantitative estimate of drug-likeness (QED) is 0.712. The Balaban J connectivity index is 2.10. The number of halogens is 1. The summed E-state index contributed by atoms with van der Waals surface area (Å²) in [5.41, 5.74) is 1.80. The van der Waals surface area contributed by atoms with E-state index in [0.717, 1.165) is 12.1 Å². The maximum Gasteiger partial charge on any atom is 0.144 e. The molecule has 1 unspecified atom stereocenters. The molecule has 3 N–H and O–H groups in total. The monoisotopic (exact) mass is 256 g/mol. The van der Waals surface area contributed by atoms with Gasteiger partial charge in [0.2, 0.25) is 0 Å². The third-order valence-electron chi connectivity index (χ3n) is 2.96. The van der Waals surface area contributed by atoms with Gasteiger partial charge in [0.25, 0.3) is 0 Å². The summed E-state index contributed by atoms with van der Waals surface area (Å²) < 4.78 is 18.6. The van der Waals surface area contributed by atoms with Gasteiger partial charge in [0.05, 0.1) is 17.9 Å². The third kappa shape index (κ3) is 3.10. The highest BCUT2D eigenvalue weighted by Gasteiger charge is 2.28. The van der Waals surface area contributed by atoms with E-state index in [1.54, 1.807) is 5.48 Å². The van der Waals surface area contributed by atoms with Crippen molar-refractivity contribution >= 4 is 5.69 Å². The average molecular weight is 256 g/mol. The van der Waals surface area contributed by atoms with Gasteiger partial charge >= 0.3 is 0 Å². The number of nitrogens with one attached hydrogen (secondary N) is 1. The minimum absolute atomic E-state index is 0.0938. The number of benzene rings is 1. The fourth-order valence-corrected chi connectivity index (χ4v) is 2.16. The SMILES string of the molecule is [O-]Nc1ccc(F)cc1OC1C[C@@H](O)C[C@@H](O)C1. The van der Waals surface area contributed by atoms with E-state index < -0.39 is 24.1 Å². The molecule has 1 fully saturated rings. The Bertz CT molecular complexity index is 405. The smallest absolute Gasteiger partial charge is 0.144 e. The van der Waals surface area contributed by atoms with Crippen molar-refractivity contribution in [3.8, 4) is 5.75 Å². The predicted molar refractivity (Wildman–Crippen MR) is 63.7 cm³/mol. The second kappa shape index (κ2) is 5.51. The van der Waals surface area contributed by atoms with E-state index in [1.165, 1.54) is 6.07 Å². The molecule has 1 aromatic carbocycles. The maximum atomic E-state index is 13.1. The van der Waals surface area contributed by atoms with Crippen LogP contribution in [0.5, 0.6) is 5.75 Å². The van der Waals surface area contributed by atoms with E-state index in [9.17, 15) is 19.8 Å². The molecule has 2 rings (SSSR count). The van der Waals surface area contributed by atoms with Gasteiger partial charge in [0.1, 0.15) is 17.7 Å². The molecule has 100 valence electrons. The molecule has 5 nitrogen and oxygen atoms in total. The molecule has 0 bridgehead atoms. The van der Waals surface area contributed by atoms with Crippen LogP contribution in [-0.2, 0) is 0 Å². The Morgan fingerprint density at radius 1 is 1.22 bits per heavy atom. The van der Waals surface area contributed by atoms with Gasteiger partial charge in [-0.3, -0.25) is 0 Å². The number of aliphatic hydroxyl groups is 2. The molecule has 0 amide bonds. The van der Waals surface area contributed by atoms with Crippen molar-refractivity contribution in [3.05, 3.63) is 29.2 Å². The second-order valence-electron chi connectivity index (χ2n) is 4.50. The zero-order valence-electron chi connectivity index (χ0n) is 9.67. The van der Waals surface area contributed by atoms with Gasteiger partial charge in [0.15, 0.2) is 0 Å². The molecule has 1 aliphatic rings. The van der Waals surface area contributed by atoms with E-state index >= 15 is 0 Å². The number of rotatable bonds is 3. The average Bonchev–Trinajstić information content (AvgIpc) is 2.27. The van der Waals surface area contributed by atoms with Gasteiger partial charge in [-0.1, -0.05) is 0 Å². The van der Waals surface area contributed by atoms with E-state index in [2.05, 4.69) is 0 Å². The largest absolute Gasteiger partial charge is 0.761 e. The molecule has 6 heteroatoms. The van der Waals surface area contributed by atoms with Crippen molar-refractivity contribution in [1.29, 1.82) is 0 Å². The minimum atomic E-state index is -0.643. The lowest BCUT2D eigenvalue weighted by molar-refractivity contribution is -0.0153. The van der Waals surface area contributed by atoms with E-state index in [1.807, 2.05) is 0 Å². The van der Waals surface area contributed by atoms with Crippen LogP contribution in [0.3, 0.4) is 0 Å². The van der Waals surface area contributed by atoms with Crippen molar-refractivity contribution in [2.75, 3.05) is 5.48 Å². The predicted octanol–water partition coefficient (Wildman–Crippen LogP) is 1.39. The first-order valence-electron chi connectivity index (χ1n) is 5.79. The van der Waals surface area contributed by atoms with Gasteiger partial charge in [-0.15, -0.1) is 0 Å². The molecule has 1 aromatic rings. The number of aliphatic hydroxyl groups excluding tert-OH is 2. The summed E-state index contributed by atoms with van der Waals surface area (Å²) >= 11 is 0. The number of hydrogen-bond acceptors (Lipinski definition) is 5. The number of hydrogen-bond donors (Lipinski definition) is 3. The van der Waals surface area contributed by atoms with Crippen LogP contribution in [0.1, 0.15) is 19.3 Å². The molecule has 1 saturated carbocycles. The van der Waals surface area contributed by atoms with Crippen molar-refractivity contribution < 1.29 is 19.3 Å². The van der Waals surface area contributed by atoms with Crippen LogP contribution >= 0.6 is 0 Å². The van der Waals surface area contributed by atoms with Gasteiger partial charge in [-0.25, -0.2) is 4.39 Å². The normalized spacial score (nSPS) is 27.9. The topological polar surface area (TPSA) is 84.8 Å². The highest BCUT2D eigenvalue weighted by atomic mass is 19.1. The lowest BCUT2D eigenvalue weighted by Gasteiger charge is -2.31. The molecule has 0 aromatic heterocycles. The molecule has 0 heterocycles. The summed E-state index contributed by atoms with van der Waals surface area (Å²) in [7, 11) is 0. The third-order valence-corrected chi connectivity index (χ3v) is 2.96. The van der Waals surface area contributed by atoms with Crippen LogP contribution in [0.15, 0.2) is 18.2 Å². The van der Waals surface area contributed by atoms with Crippen LogP contribution in [0, 0.1) is 11.0 Å². The number of ether oxygens (including phenoxy) is 1. The highest BCUT2D eigenvalue weighted by Crippen LogP contribution is 2.30. The summed E-state index contributed by atoms with van der Waals surface area (Å²) in [6.45, 7) is 0. The summed E-state index contributed by atoms with van der Waals surface area (Å²) in [6.07, 6.45) is -0.697. The maximum absolute atomic E-state index is 13.1. The first-order valence-corrected chi connectivity index (χ1v) is 5.79. The Kier molecular flexibility index (Phi) is 4.00. The van der Waals surface area contributed by atoms with Crippen molar-refractivity contribution in [2.24, 2.45) is 0 Å². The highest BCUT2D eigenvalue weighted by molar-refractivity contribution is 5.56. The summed E-state index contributed by atoms with van der Waals surface area (Å²) in [5.74, 6) is -0.419. The summed E-state index contributed by atoms with van der Waals surface area (Å²) in [4.78, 5) is 0. The lowest BCUT2D eigenvalue weighted by atomic mass is 9.92. The fraction of sp³-hybridized carbons (Fsp3) is 0.500. The molecule has 3 atom stereocenters. The Morgan fingerprint density at radius 2 is 1.89 bits per heavy atom. The van der Waals surface area contributed by atoms with Crippen molar-refractivity contribution in [3.63, 3.8) is 0 Å². The lowest BCUT2D eigenvalue weighted by Crippen LogP contribution is -2.36. The number of anilines is 1. The van der Waals surface area contributed by atoms with Gasteiger partial charge in [-0.05, 0) is 18.6 Å². The van der Waals surface area contributed by atoms with E-state index in [-0.39, 0.29) is 11.4 Å². The molecule has 0 radical (unpaired) electrons. The van der Waals surface area contributed by atoms with Crippen LogP contribution < -0.4 is 10.2 Å². The van der Waals surface area contributed by atoms with Crippen molar-refractivity contribution in [2.45, 2.75) is 37.6 Å². The molecule has 1 aliphatic carbocycles. The Morgan fingerprint density at radius 3 is 2.50 bits per heavy atom. The molecular weight excluding hydrogens is 241 g/mol. The van der Waals surface area contributed by atoms with Crippen LogP contribution in [0.2, 0.25) is 0 Å². The van der Waals surface area contributed by atoms with E-state index in [4.69, 9.17) is 4.74 Å². The molecule has 18 heavy (non-hydrogen) atoms. The summed E-state index contributed by atoms with van der Waals surface area (Å²) in [5, 5.41) is 29.7. The molecule has 0 spiro atoms. The van der Waals surface area contributed by atoms with E-state index in [0.29, 0.717) is 19.3 Å². The van der Waals surface area contributed by atoms with Gasteiger partial charge < -0.3 is 25.6 Å². The first-order chi connectivity index (χ1) is 8.58. The first kappa shape index (κ1) is 13.1. The Labute approximate surface area is 104 Å². The fourth-order valence-electron chi connectivity index (χ4n) is 2.16. The summed E-state index contributed by atoms with van der Waals surface area (Å²) in [6, 6.07) is 3.54.